The van der Waals surface area contributed by atoms with Gasteiger partial charge in [-0.25, -0.2) is 13.1 Å². The maximum Gasteiger partial charge on any atom is 0.167 e. The Morgan fingerprint density at radius 3 is 2.07 bits per heavy atom. The van der Waals surface area contributed by atoms with Gasteiger partial charge in [0.2, 0.25) is 0 Å². The summed E-state index contributed by atoms with van der Waals surface area (Å²) >= 11 is 0. The van der Waals surface area contributed by atoms with Gasteiger partial charge < -0.3 is 0 Å². The maximum absolute atomic E-state index is 13.4. The summed E-state index contributed by atoms with van der Waals surface area (Å²) < 4.78 is 28.5. The van der Waals surface area contributed by atoms with Crippen LogP contribution >= 0.6 is 0 Å². The molecule has 1 heterocycles. The highest BCUT2D eigenvalue weighted by Gasteiger charge is 2.38. The quantitative estimate of drug-likeness (QED) is 0.512. The van der Waals surface area contributed by atoms with Gasteiger partial charge in [-0.15, -0.1) is 5.10 Å². The number of aromatic nitrogens is 3. The molecule has 0 fully saturated rings. The van der Waals surface area contributed by atoms with E-state index in [1.54, 1.807) is 10.9 Å². The summed E-state index contributed by atoms with van der Waals surface area (Å²) in [5.41, 5.74) is 6.07. The van der Waals surface area contributed by atoms with Crippen molar-refractivity contribution in [3.05, 3.63) is 101 Å². The van der Waals surface area contributed by atoms with Crippen molar-refractivity contribution in [2.24, 2.45) is 0 Å². The maximum atomic E-state index is 13.4. The fraction of sp³-hybridized carbons (Fsp3) is 0.130. The van der Waals surface area contributed by atoms with Gasteiger partial charge in [0.1, 0.15) is 5.25 Å². The Labute approximate surface area is 169 Å². The van der Waals surface area contributed by atoms with Crippen LogP contribution < -0.4 is 0 Å². The van der Waals surface area contributed by atoms with Gasteiger partial charge in [0.05, 0.1) is 23.3 Å². The van der Waals surface area contributed by atoms with E-state index in [0.717, 1.165) is 33.5 Å². The Kier molecular flexibility index (Phi) is 4.10. The molecule has 6 heteroatoms. The topological polar surface area (TPSA) is 64.8 Å². The zero-order valence-electron chi connectivity index (χ0n) is 15.9. The molecule has 1 aliphatic rings. The van der Waals surface area contributed by atoms with E-state index < -0.39 is 15.1 Å². The summed E-state index contributed by atoms with van der Waals surface area (Å²) in [4.78, 5) is 0. The van der Waals surface area contributed by atoms with E-state index >= 15 is 0 Å². The lowest BCUT2D eigenvalue weighted by molar-refractivity contribution is 0.588. The molecule has 1 aliphatic carbocycles. The van der Waals surface area contributed by atoms with Crippen LogP contribution in [0, 0.1) is 6.92 Å². The summed E-state index contributed by atoms with van der Waals surface area (Å²) in [6, 6.07) is 23.3. The Balaban J connectivity index is 1.50. The van der Waals surface area contributed by atoms with Crippen LogP contribution in [0.4, 0.5) is 0 Å². The third-order valence-corrected chi connectivity index (χ3v) is 7.25. The molecule has 0 saturated heterocycles. The number of sulfone groups is 1. The standard InChI is InChI=1S/C23H19N3O2S/c1-16-10-12-18(13-11-16)26-14-17(24-25-26)15-29(27,28)23-21-8-4-2-6-19(21)20-7-3-5-9-22(20)23/h2-14,23H,15H2,1H3. The molecule has 3 aromatic carbocycles. The molecule has 144 valence electrons. The second-order valence-corrected chi connectivity index (χ2v) is 9.44. The molecule has 5 nitrogen and oxygen atoms in total. The second kappa shape index (κ2) is 6.67. The fourth-order valence-corrected chi connectivity index (χ4v) is 5.87. The van der Waals surface area contributed by atoms with E-state index in [-0.39, 0.29) is 5.75 Å². The summed E-state index contributed by atoms with van der Waals surface area (Å²) in [7, 11) is -3.53. The molecule has 0 bridgehead atoms. The van der Waals surface area contributed by atoms with E-state index in [2.05, 4.69) is 10.3 Å². The van der Waals surface area contributed by atoms with E-state index in [1.165, 1.54) is 0 Å². The molecule has 0 spiro atoms. The first-order valence-electron chi connectivity index (χ1n) is 9.41. The van der Waals surface area contributed by atoms with Gasteiger partial charge in [-0.2, -0.15) is 0 Å². The smallest absolute Gasteiger partial charge is 0.167 e. The van der Waals surface area contributed by atoms with Crippen LogP contribution in [0.25, 0.3) is 16.8 Å². The van der Waals surface area contributed by atoms with Crippen molar-refractivity contribution >= 4 is 9.84 Å². The SMILES string of the molecule is Cc1ccc(-n2cc(CS(=O)(=O)C3c4ccccc4-c4ccccc43)nn2)cc1. The van der Waals surface area contributed by atoms with E-state index in [1.807, 2.05) is 79.7 Å². The van der Waals surface area contributed by atoms with Crippen molar-refractivity contribution in [3.8, 4) is 16.8 Å². The monoisotopic (exact) mass is 401 g/mol. The lowest BCUT2D eigenvalue weighted by atomic mass is 10.1. The summed E-state index contributed by atoms with van der Waals surface area (Å²) in [5, 5.41) is 7.55. The molecule has 0 saturated carbocycles. The second-order valence-electron chi connectivity index (χ2n) is 7.35. The van der Waals surface area contributed by atoms with Gasteiger partial charge in [0, 0.05) is 0 Å². The minimum atomic E-state index is -3.53. The molecular weight excluding hydrogens is 382 g/mol. The number of fused-ring (bicyclic) bond motifs is 3. The summed E-state index contributed by atoms with van der Waals surface area (Å²) in [5.74, 6) is -0.161. The molecule has 5 rings (SSSR count). The van der Waals surface area contributed by atoms with E-state index in [0.29, 0.717) is 5.69 Å². The van der Waals surface area contributed by atoms with Crippen LogP contribution in [-0.2, 0) is 15.6 Å². The Bertz CT molecular complexity index is 1260. The predicted octanol–water partition coefficient (Wildman–Crippen LogP) is 4.26. The van der Waals surface area contributed by atoms with Gasteiger partial charge >= 0.3 is 0 Å². The van der Waals surface area contributed by atoms with Crippen molar-refractivity contribution in [2.45, 2.75) is 17.9 Å². The highest BCUT2D eigenvalue weighted by atomic mass is 32.2. The first-order chi connectivity index (χ1) is 14.0. The van der Waals surface area contributed by atoms with Crippen LogP contribution in [0.1, 0.15) is 27.6 Å². The zero-order chi connectivity index (χ0) is 20.0. The third kappa shape index (κ3) is 3.06. The minimum Gasteiger partial charge on any atom is -0.227 e. The van der Waals surface area contributed by atoms with Crippen molar-refractivity contribution in [2.75, 3.05) is 0 Å². The highest BCUT2D eigenvalue weighted by molar-refractivity contribution is 7.91. The predicted molar refractivity (Wildman–Crippen MR) is 112 cm³/mol. The van der Waals surface area contributed by atoms with E-state index in [9.17, 15) is 8.42 Å². The number of hydrogen-bond acceptors (Lipinski definition) is 4. The van der Waals surface area contributed by atoms with Gasteiger partial charge in [-0.05, 0) is 41.3 Å². The molecule has 0 radical (unpaired) electrons. The van der Waals surface area contributed by atoms with Crippen LogP contribution in [-0.4, -0.2) is 23.4 Å². The number of aryl methyl sites for hydroxylation is 1. The third-order valence-electron chi connectivity index (χ3n) is 5.32. The molecule has 4 aromatic rings. The van der Waals surface area contributed by atoms with Crippen LogP contribution in [0.5, 0.6) is 0 Å². The number of nitrogens with zero attached hydrogens (tertiary/aromatic N) is 3. The molecular formula is C23H19N3O2S. The average Bonchev–Trinajstić information content (AvgIpc) is 3.31. The molecule has 0 atom stereocenters. The first-order valence-corrected chi connectivity index (χ1v) is 11.1. The number of hydrogen-bond donors (Lipinski definition) is 0. The summed E-state index contributed by atoms with van der Waals surface area (Å²) in [6.45, 7) is 2.01. The van der Waals surface area contributed by atoms with Crippen LogP contribution in [0.3, 0.4) is 0 Å². The fourth-order valence-electron chi connectivity index (χ4n) is 3.97. The Hall–Kier alpha value is -3.25. The van der Waals surface area contributed by atoms with Crippen molar-refractivity contribution in [3.63, 3.8) is 0 Å². The van der Waals surface area contributed by atoms with Crippen molar-refractivity contribution < 1.29 is 8.42 Å². The van der Waals surface area contributed by atoms with Gasteiger partial charge in [-0.3, -0.25) is 0 Å². The molecule has 29 heavy (non-hydrogen) atoms. The van der Waals surface area contributed by atoms with Crippen molar-refractivity contribution in [1.82, 2.24) is 15.0 Å². The molecule has 0 amide bonds. The van der Waals surface area contributed by atoms with E-state index in [4.69, 9.17) is 0 Å². The Morgan fingerprint density at radius 1 is 0.862 bits per heavy atom. The average molecular weight is 401 g/mol. The largest absolute Gasteiger partial charge is 0.227 e. The van der Waals surface area contributed by atoms with Gasteiger partial charge in [0.15, 0.2) is 9.84 Å². The molecule has 0 unspecified atom stereocenters. The number of benzene rings is 3. The lowest BCUT2D eigenvalue weighted by Crippen LogP contribution is -2.15. The Morgan fingerprint density at radius 2 is 1.45 bits per heavy atom. The van der Waals surface area contributed by atoms with Gasteiger partial charge in [0.25, 0.3) is 0 Å². The van der Waals surface area contributed by atoms with Crippen molar-refractivity contribution in [1.29, 1.82) is 0 Å². The highest BCUT2D eigenvalue weighted by Crippen LogP contribution is 2.47. The number of rotatable bonds is 4. The zero-order valence-corrected chi connectivity index (χ0v) is 16.7. The summed E-state index contributed by atoms with van der Waals surface area (Å²) in [6.07, 6.45) is 1.69. The minimum absolute atomic E-state index is 0.161. The molecule has 0 aliphatic heterocycles. The first kappa shape index (κ1) is 17.8. The van der Waals surface area contributed by atoms with Crippen LogP contribution in [0.15, 0.2) is 79.0 Å². The molecule has 0 N–H and O–H groups in total. The molecule has 1 aromatic heterocycles. The van der Waals surface area contributed by atoms with Crippen LogP contribution in [0.2, 0.25) is 0 Å². The lowest BCUT2D eigenvalue weighted by Gasteiger charge is -2.14. The van der Waals surface area contributed by atoms with Gasteiger partial charge in [-0.1, -0.05) is 71.4 Å². The normalized spacial score (nSPS) is 13.3.